The van der Waals surface area contributed by atoms with E-state index < -0.39 is 6.17 Å². The Kier molecular flexibility index (Phi) is 4.99. The summed E-state index contributed by atoms with van der Waals surface area (Å²) in [6.45, 7) is 3.80. The van der Waals surface area contributed by atoms with Crippen LogP contribution >= 0.6 is 0 Å². The van der Waals surface area contributed by atoms with Crippen molar-refractivity contribution in [2.45, 2.75) is 26.4 Å². The van der Waals surface area contributed by atoms with Crippen LogP contribution in [-0.4, -0.2) is 27.6 Å². The summed E-state index contributed by atoms with van der Waals surface area (Å²) in [6.07, 6.45) is 3.45. The van der Waals surface area contributed by atoms with Gasteiger partial charge in [-0.1, -0.05) is 13.0 Å². The Balaban J connectivity index is 1.78. The molecule has 1 unspecified atom stereocenters. The molecule has 3 aromatic rings. The Morgan fingerprint density at radius 1 is 1.24 bits per heavy atom. The number of guanidine groups is 1. The van der Waals surface area contributed by atoms with Crippen molar-refractivity contribution in [3.63, 3.8) is 0 Å². The van der Waals surface area contributed by atoms with Crippen LogP contribution in [0.3, 0.4) is 0 Å². The molecule has 2 N–H and O–H groups in total. The molecule has 2 aromatic heterocycles. The third-order valence-corrected chi connectivity index (χ3v) is 4.83. The number of anilines is 2. The maximum absolute atomic E-state index is 13.1. The van der Waals surface area contributed by atoms with Gasteiger partial charge in [-0.25, -0.2) is 9.98 Å². The number of fused-ring (bicyclic) bond motifs is 1. The zero-order valence-electron chi connectivity index (χ0n) is 16.5. The molecule has 3 heterocycles. The summed E-state index contributed by atoms with van der Waals surface area (Å²) in [5.74, 6) is 1.72. The summed E-state index contributed by atoms with van der Waals surface area (Å²) >= 11 is 0. The molecule has 0 saturated heterocycles. The quantitative estimate of drug-likeness (QED) is 0.711. The van der Waals surface area contributed by atoms with E-state index in [0.29, 0.717) is 29.6 Å². The second kappa shape index (κ2) is 7.75. The number of nitrogens with zero attached hydrogens (tertiary/aromatic N) is 4. The Labute approximate surface area is 168 Å². The summed E-state index contributed by atoms with van der Waals surface area (Å²) in [5.41, 5.74) is 2.94. The van der Waals surface area contributed by atoms with Gasteiger partial charge in [0.1, 0.15) is 5.75 Å². The van der Waals surface area contributed by atoms with E-state index in [1.165, 1.54) is 0 Å². The molecule has 1 atom stereocenters. The third kappa shape index (κ3) is 3.56. The van der Waals surface area contributed by atoms with Crippen LogP contribution < -0.4 is 20.9 Å². The summed E-state index contributed by atoms with van der Waals surface area (Å²) in [4.78, 5) is 26.7. The molecule has 29 heavy (non-hydrogen) atoms. The van der Waals surface area contributed by atoms with Crippen LogP contribution in [0.2, 0.25) is 0 Å². The monoisotopic (exact) mass is 390 g/mol. The van der Waals surface area contributed by atoms with Gasteiger partial charge >= 0.3 is 0 Å². The summed E-state index contributed by atoms with van der Waals surface area (Å²) in [5, 5.41) is 6.39. The van der Waals surface area contributed by atoms with Gasteiger partial charge in [-0.05, 0) is 43.7 Å². The number of hydrogen-bond donors (Lipinski definition) is 2. The van der Waals surface area contributed by atoms with Gasteiger partial charge in [0.25, 0.3) is 5.56 Å². The summed E-state index contributed by atoms with van der Waals surface area (Å²) in [7, 11) is 1.63. The maximum Gasteiger partial charge on any atom is 0.260 e. The second-order valence-corrected chi connectivity index (χ2v) is 6.64. The van der Waals surface area contributed by atoms with Crippen LogP contribution in [-0.2, 0) is 6.42 Å². The average Bonchev–Trinajstić information content (AvgIpc) is 2.74. The Morgan fingerprint density at radius 2 is 2.03 bits per heavy atom. The number of benzene rings is 1. The van der Waals surface area contributed by atoms with E-state index >= 15 is 0 Å². The fourth-order valence-electron chi connectivity index (χ4n) is 3.34. The van der Waals surface area contributed by atoms with Crippen LogP contribution in [0.4, 0.5) is 11.6 Å². The molecule has 1 aliphatic rings. The van der Waals surface area contributed by atoms with E-state index in [2.05, 4.69) is 20.6 Å². The predicted molar refractivity (Wildman–Crippen MR) is 113 cm³/mol. The summed E-state index contributed by atoms with van der Waals surface area (Å²) < 4.78 is 6.79. The van der Waals surface area contributed by atoms with Gasteiger partial charge in [0.15, 0.2) is 6.17 Å². The molecule has 0 saturated carbocycles. The first-order chi connectivity index (χ1) is 14.1. The standard InChI is InChI=1S/C21H22N6O2/c1-4-17-13(2)23-21-26-20(24-15-7-9-16(29-3)10-8-15)25-18(27(21)19(17)28)14-6-5-11-22-12-14/h5-12,18H,4H2,1-3H3,(H2,23,24,25,26). The molecule has 0 radical (unpaired) electrons. The first-order valence-corrected chi connectivity index (χ1v) is 9.38. The fourth-order valence-corrected chi connectivity index (χ4v) is 3.34. The summed E-state index contributed by atoms with van der Waals surface area (Å²) in [6, 6.07) is 11.2. The largest absolute Gasteiger partial charge is 0.497 e. The van der Waals surface area contributed by atoms with Crippen LogP contribution in [0, 0.1) is 6.92 Å². The van der Waals surface area contributed by atoms with Crippen molar-refractivity contribution in [3.05, 3.63) is 76.0 Å². The van der Waals surface area contributed by atoms with Crippen LogP contribution in [0.15, 0.2) is 58.6 Å². The van der Waals surface area contributed by atoms with Crippen LogP contribution in [0.5, 0.6) is 5.75 Å². The first kappa shape index (κ1) is 18.7. The number of hydrogen-bond acceptors (Lipinski definition) is 7. The number of aryl methyl sites for hydroxylation is 1. The Hall–Kier alpha value is -3.68. The van der Waals surface area contributed by atoms with Crippen molar-refractivity contribution in [1.29, 1.82) is 0 Å². The second-order valence-electron chi connectivity index (χ2n) is 6.64. The molecule has 148 valence electrons. The van der Waals surface area contributed by atoms with E-state index in [-0.39, 0.29) is 5.56 Å². The third-order valence-electron chi connectivity index (χ3n) is 4.83. The minimum atomic E-state index is -0.563. The SMILES string of the molecule is CCc1c(C)nc2n(c1=O)C(c1cccnc1)N=C(Nc1ccc(OC)cc1)N2. The van der Waals surface area contributed by atoms with Crippen LogP contribution in [0.25, 0.3) is 0 Å². The highest BCUT2D eigenvalue weighted by Gasteiger charge is 2.27. The van der Waals surface area contributed by atoms with Gasteiger partial charge in [0.05, 0.1) is 7.11 Å². The Bertz CT molecular complexity index is 1110. The zero-order valence-corrected chi connectivity index (χ0v) is 16.5. The normalized spacial score (nSPS) is 15.1. The smallest absolute Gasteiger partial charge is 0.260 e. The van der Waals surface area contributed by atoms with E-state index in [9.17, 15) is 4.79 Å². The lowest BCUT2D eigenvalue weighted by molar-refractivity contribution is 0.415. The van der Waals surface area contributed by atoms with Gasteiger partial charge in [-0.3, -0.25) is 19.7 Å². The lowest BCUT2D eigenvalue weighted by Gasteiger charge is -2.27. The molecule has 1 aromatic carbocycles. The van der Waals surface area contributed by atoms with E-state index in [0.717, 1.165) is 17.0 Å². The number of aromatic nitrogens is 3. The van der Waals surface area contributed by atoms with Gasteiger partial charge in [-0.15, -0.1) is 0 Å². The lowest BCUT2D eigenvalue weighted by atomic mass is 10.1. The number of pyridine rings is 1. The minimum absolute atomic E-state index is 0.0939. The molecule has 8 nitrogen and oxygen atoms in total. The number of aliphatic imine (C=N–C) groups is 1. The highest BCUT2D eigenvalue weighted by Crippen LogP contribution is 2.26. The number of nitrogens with one attached hydrogen (secondary N) is 2. The molecular formula is C21H22N6O2. The highest BCUT2D eigenvalue weighted by atomic mass is 16.5. The molecule has 0 spiro atoms. The van der Waals surface area contributed by atoms with Crippen molar-refractivity contribution in [2.24, 2.45) is 4.99 Å². The minimum Gasteiger partial charge on any atom is -0.497 e. The van der Waals surface area contributed by atoms with Gasteiger partial charge < -0.3 is 10.1 Å². The topological polar surface area (TPSA) is 93.4 Å². The zero-order chi connectivity index (χ0) is 20.4. The number of methoxy groups -OCH3 is 1. The first-order valence-electron chi connectivity index (χ1n) is 9.38. The maximum atomic E-state index is 13.1. The molecule has 4 rings (SSSR count). The average molecular weight is 390 g/mol. The highest BCUT2D eigenvalue weighted by molar-refractivity contribution is 6.03. The Morgan fingerprint density at radius 3 is 2.69 bits per heavy atom. The molecule has 0 fully saturated rings. The van der Waals surface area contributed by atoms with E-state index in [1.54, 1.807) is 24.1 Å². The van der Waals surface area contributed by atoms with Crippen molar-refractivity contribution in [1.82, 2.24) is 14.5 Å². The van der Waals surface area contributed by atoms with E-state index in [4.69, 9.17) is 9.73 Å². The van der Waals surface area contributed by atoms with Crippen molar-refractivity contribution >= 4 is 17.6 Å². The van der Waals surface area contributed by atoms with Gasteiger partial charge in [0.2, 0.25) is 11.9 Å². The molecule has 0 bridgehead atoms. The molecular weight excluding hydrogens is 368 g/mol. The fraction of sp³-hybridized carbons (Fsp3) is 0.238. The van der Waals surface area contributed by atoms with Gasteiger partial charge in [-0.2, -0.15) is 0 Å². The van der Waals surface area contributed by atoms with Crippen molar-refractivity contribution in [2.75, 3.05) is 17.7 Å². The predicted octanol–water partition coefficient (Wildman–Crippen LogP) is 2.96. The molecule has 0 amide bonds. The lowest BCUT2D eigenvalue weighted by Crippen LogP contribution is -2.39. The molecule has 8 heteroatoms. The molecule has 0 aliphatic carbocycles. The van der Waals surface area contributed by atoms with Crippen molar-refractivity contribution < 1.29 is 4.74 Å². The van der Waals surface area contributed by atoms with Crippen LogP contribution in [0.1, 0.15) is 29.9 Å². The number of ether oxygens (including phenoxy) is 1. The number of rotatable bonds is 4. The van der Waals surface area contributed by atoms with Gasteiger partial charge in [0, 0.05) is 34.9 Å². The van der Waals surface area contributed by atoms with Crippen molar-refractivity contribution in [3.8, 4) is 5.75 Å². The van der Waals surface area contributed by atoms with E-state index in [1.807, 2.05) is 50.2 Å². The molecule has 1 aliphatic heterocycles.